The Balaban J connectivity index is 2.46. The number of aliphatic hydroxyl groups is 1. The monoisotopic (exact) mass is 230 g/mol. The third-order valence-corrected chi connectivity index (χ3v) is 2.03. The van der Waals surface area contributed by atoms with Crippen molar-refractivity contribution >= 4 is 12.0 Å². The van der Waals surface area contributed by atoms with Gasteiger partial charge in [0.2, 0.25) is 5.91 Å². The maximum atomic E-state index is 11.4. The Morgan fingerprint density at radius 2 is 2.19 bits per heavy atom. The fourth-order valence-electron chi connectivity index (χ4n) is 1.38. The number of piperidine rings is 1. The van der Waals surface area contributed by atoms with E-state index in [0.717, 1.165) is 0 Å². The lowest BCUT2D eigenvalue weighted by Gasteiger charge is -2.28. The molecule has 1 aliphatic rings. The van der Waals surface area contributed by atoms with E-state index in [1.54, 1.807) is 20.8 Å². The topological polar surface area (TPSA) is 87.7 Å². The molecular formula is C10H18N2O4. The molecule has 0 aromatic carbocycles. The van der Waals surface area contributed by atoms with E-state index in [1.807, 2.05) is 0 Å². The van der Waals surface area contributed by atoms with Crippen LogP contribution in [-0.4, -0.2) is 41.4 Å². The maximum Gasteiger partial charge on any atom is 0.408 e. The maximum absolute atomic E-state index is 11.4. The highest BCUT2D eigenvalue weighted by atomic mass is 16.6. The lowest BCUT2D eigenvalue weighted by molar-refractivity contribution is -0.126. The minimum absolute atomic E-state index is 0.213. The largest absolute Gasteiger partial charge is 0.444 e. The molecule has 1 heterocycles. The van der Waals surface area contributed by atoms with Crippen LogP contribution < -0.4 is 10.6 Å². The molecule has 3 N–H and O–H groups in total. The Morgan fingerprint density at radius 1 is 1.56 bits per heavy atom. The van der Waals surface area contributed by atoms with Crippen molar-refractivity contribution in [3.05, 3.63) is 0 Å². The molecule has 1 aliphatic heterocycles. The van der Waals surface area contributed by atoms with Crippen molar-refractivity contribution in [2.45, 2.75) is 44.9 Å². The summed E-state index contributed by atoms with van der Waals surface area (Å²) < 4.78 is 5.01. The van der Waals surface area contributed by atoms with E-state index in [0.29, 0.717) is 0 Å². The zero-order chi connectivity index (χ0) is 12.3. The van der Waals surface area contributed by atoms with E-state index in [2.05, 4.69) is 10.6 Å². The molecule has 0 aromatic rings. The summed E-state index contributed by atoms with van der Waals surface area (Å²) in [7, 11) is 0. The average Bonchev–Trinajstić information content (AvgIpc) is 2.08. The smallest absolute Gasteiger partial charge is 0.408 e. The summed E-state index contributed by atoms with van der Waals surface area (Å²) in [5, 5.41) is 14.2. The number of nitrogens with one attached hydrogen (secondary N) is 2. The number of carbonyl (C=O) groups is 2. The molecule has 0 aromatic heterocycles. The fraction of sp³-hybridized carbons (Fsp3) is 0.800. The summed E-state index contributed by atoms with van der Waals surface area (Å²) in [6.45, 7) is 5.44. The predicted molar refractivity (Wildman–Crippen MR) is 56.8 cm³/mol. The highest BCUT2D eigenvalue weighted by molar-refractivity contribution is 5.86. The number of rotatable bonds is 1. The van der Waals surface area contributed by atoms with Crippen LogP contribution in [-0.2, 0) is 9.53 Å². The number of hydrogen-bond donors (Lipinski definition) is 3. The highest BCUT2D eigenvalue weighted by Gasteiger charge is 2.30. The first-order valence-corrected chi connectivity index (χ1v) is 5.23. The minimum Gasteiger partial charge on any atom is -0.444 e. The number of hydrogen-bond acceptors (Lipinski definition) is 4. The minimum atomic E-state index is -0.724. The molecule has 1 rings (SSSR count). The van der Waals surface area contributed by atoms with Crippen LogP contribution in [0.15, 0.2) is 0 Å². The Bertz CT molecular complexity index is 285. The second-order valence-electron chi connectivity index (χ2n) is 4.83. The van der Waals surface area contributed by atoms with Crippen LogP contribution in [0.4, 0.5) is 4.79 Å². The van der Waals surface area contributed by atoms with Gasteiger partial charge >= 0.3 is 6.09 Å². The normalized spacial score (nSPS) is 25.9. The molecule has 0 saturated carbocycles. The van der Waals surface area contributed by atoms with Crippen molar-refractivity contribution in [3.63, 3.8) is 0 Å². The Kier molecular flexibility index (Phi) is 3.74. The molecule has 0 bridgehead atoms. The average molecular weight is 230 g/mol. The van der Waals surface area contributed by atoms with Gasteiger partial charge in [-0.15, -0.1) is 0 Å². The van der Waals surface area contributed by atoms with Crippen molar-refractivity contribution in [1.29, 1.82) is 0 Å². The summed E-state index contributed by atoms with van der Waals surface area (Å²) >= 11 is 0. The molecule has 6 heteroatoms. The third-order valence-electron chi connectivity index (χ3n) is 2.03. The fourth-order valence-corrected chi connectivity index (χ4v) is 1.38. The van der Waals surface area contributed by atoms with Gasteiger partial charge in [-0.3, -0.25) is 4.79 Å². The third kappa shape index (κ3) is 4.06. The van der Waals surface area contributed by atoms with Crippen LogP contribution in [0, 0.1) is 0 Å². The predicted octanol–water partition coefficient (Wildman–Crippen LogP) is -0.240. The van der Waals surface area contributed by atoms with Gasteiger partial charge in [-0.25, -0.2) is 4.79 Å². The molecule has 2 amide bonds. The number of β-amino-alcohol motifs (C(OH)–C–C–N with tert-alkyl or cyclic N) is 1. The van der Waals surface area contributed by atoms with Crippen LogP contribution >= 0.6 is 0 Å². The van der Waals surface area contributed by atoms with Crippen molar-refractivity contribution in [3.8, 4) is 0 Å². The van der Waals surface area contributed by atoms with Gasteiger partial charge in [-0.1, -0.05) is 0 Å². The van der Waals surface area contributed by atoms with Gasteiger partial charge in [0.1, 0.15) is 11.6 Å². The number of alkyl carbamates (subject to hydrolysis) is 1. The first-order chi connectivity index (χ1) is 7.28. The van der Waals surface area contributed by atoms with E-state index >= 15 is 0 Å². The molecule has 2 atom stereocenters. The van der Waals surface area contributed by atoms with E-state index in [1.165, 1.54) is 0 Å². The van der Waals surface area contributed by atoms with Crippen molar-refractivity contribution in [1.82, 2.24) is 10.6 Å². The Hall–Kier alpha value is -1.30. The van der Waals surface area contributed by atoms with Gasteiger partial charge in [0, 0.05) is 13.0 Å². The lowest BCUT2D eigenvalue weighted by Crippen LogP contribution is -2.55. The van der Waals surface area contributed by atoms with Gasteiger partial charge in [0.25, 0.3) is 0 Å². The quantitative estimate of drug-likeness (QED) is 0.580. The molecule has 1 saturated heterocycles. The van der Waals surface area contributed by atoms with Gasteiger partial charge in [-0.05, 0) is 20.8 Å². The second-order valence-corrected chi connectivity index (χ2v) is 4.83. The standard InChI is InChI=1S/C10H18N2O4/c1-10(2,3)16-9(15)12-7-4-6(13)5-11-8(7)14/h6-7,13H,4-5H2,1-3H3,(H,11,14)(H,12,15). The van der Waals surface area contributed by atoms with Crippen LogP contribution in [0.25, 0.3) is 0 Å². The molecule has 0 spiro atoms. The molecule has 1 fully saturated rings. The van der Waals surface area contributed by atoms with Gasteiger partial charge in [0.15, 0.2) is 0 Å². The molecule has 92 valence electrons. The highest BCUT2D eigenvalue weighted by Crippen LogP contribution is 2.09. The van der Waals surface area contributed by atoms with Gasteiger partial charge in [0.05, 0.1) is 6.10 Å². The molecule has 6 nitrogen and oxygen atoms in total. The van der Waals surface area contributed by atoms with Crippen molar-refractivity contribution in [2.75, 3.05) is 6.54 Å². The van der Waals surface area contributed by atoms with E-state index in [4.69, 9.17) is 4.74 Å². The summed E-state index contributed by atoms with van der Waals surface area (Å²) in [4.78, 5) is 22.7. The van der Waals surface area contributed by atoms with Crippen LogP contribution in [0.2, 0.25) is 0 Å². The molecule has 0 aliphatic carbocycles. The van der Waals surface area contributed by atoms with Crippen molar-refractivity contribution < 1.29 is 19.4 Å². The number of amides is 2. The summed E-state index contributed by atoms with van der Waals surface area (Å²) in [6, 6.07) is -0.724. The lowest BCUT2D eigenvalue weighted by atomic mass is 10.0. The van der Waals surface area contributed by atoms with Crippen molar-refractivity contribution in [2.24, 2.45) is 0 Å². The van der Waals surface area contributed by atoms with E-state index < -0.39 is 23.8 Å². The number of aliphatic hydroxyl groups excluding tert-OH is 1. The molecule has 2 unspecified atom stereocenters. The van der Waals surface area contributed by atoms with Crippen LogP contribution in [0.3, 0.4) is 0 Å². The van der Waals surface area contributed by atoms with Crippen LogP contribution in [0.5, 0.6) is 0 Å². The summed E-state index contributed by atoms with van der Waals surface area (Å²) in [6.07, 6.45) is -1.06. The summed E-state index contributed by atoms with van der Waals surface area (Å²) in [5.74, 6) is -0.295. The second kappa shape index (κ2) is 4.69. The Morgan fingerprint density at radius 3 is 2.75 bits per heavy atom. The zero-order valence-electron chi connectivity index (χ0n) is 9.74. The zero-order valence-corrected chi connectivity index (χ0v) is 9.74. The number of carbonyl (C=O) groups excluding carboxylic acids is 2. The number of ether oxygens (including phenoxy) is 1. The molecule has 0 radical (unpaired) electrons. The molecule has 16 heavy (non-hydrogen) atoms. The van der Waals surface area contributed by atoms with Gasteiger partial charge in [-0.2, -0.15) is 0 Å². The van der Waals surface area contributed by atoms with E-state index in [9.17, 15) is 14.7 Å². The first-order valence-electron chi connectivity index (χ1n) is 5.23. The van der Waals surface area contributed by atoms with Gasteiger partial charge < -0.3 is 20.5 Å². The Labute approximate surface area is 94.3 Å². The molecular weight excluding hydrogens is 212 g/mol. The van der Waals surface area contributed by atoms with Crippen LogP contribution in [0.1, 0.15) is 27.2 Å². The van der Waals surface area contributed by atoms with E-state index in [-0.39, 0.29) is 18.9 Å². The SMILES string of the molecule is CC(C)(C)OC(=O)NC1CC(O)CNC1=O. The first kappa shape index (κ1) is 12.8. The summed E-state index contributed by atoms with van der Waals surface area (Å²) in [5.41, 5.74) is -0.603.